The molecular formula is C8H12BrNO. The molecule has 1 aromatic heterocycles. The van der Waals surface area contributed by atoms with Gasteiger partial charge in [-0.2, -0.15) is 0 Å². The molecule has 1 N–H and O–H groups in total. The number of aliphatic hydroxyl groups excluding tert-OH is 1. The molecule has 0 aliphatic carbocycles. The summed E-state index contributed by atoms with van der Waals surface area (Å²) in [5.74, 6) is 0. The van der Waals surface area contributed by atoms with Gasteiger partial charge < -0.3 is 22.1 Å². The molecule has 0 bridgehead atoms. The van der Waals surface area contributed by atoms with Gasteiger partial charge in [-0.1, -0.05) is 0 Å². The molecule has 0 aliphatic heterocycles. The lowest BCUT2D eigenvalue weighted by Crippen LogP contribution is -3.00. The van der Waals surface area contributed by atoms with Gasteiger partial charge >= 0.3 is 0 Å². The second-order valence-electron chi connectivity index (χ2n) is 2.34. The fourth-order valence-electron chi connectivity index (χ4n) is 0.908. The highest BCUT2D eigenvalue weighted by Gasteiger charge is 1.95. The van der Waals surface area contributed by atoms with Gasteiger partial charge in [-0.3, -0.25) is 0 Å². The summed E-state index contributed by atoms with van der Waals surface area (Å²) < 4.78 is 1.97. The van der Waals surface area contributed by atoms with Gasteiger partial charge in [0.25, 0.3) is 0 Å². The van der Waals surface area contributed by atoms with Gasteiger partial charge in [0, 0.05) is 11.6 Å². The van der Waals surface area contributed by atoms with Gasteiger partial charge in [-0.25, -0.2) is 4.57 Å². The second-order valence-corrected chi connectivity index (χ2v) is 2.34. The quantitative estimate of drug-likeness (QED) is 0.536. The maximum atomic E-state index is 8.59. The van der Waals surface area contributed by atoms with E-state index in [0.29, 0.717) is 6.54 Å². The third-order valence-electron chi connectivity index (χ3n) is 1.36. The van der Waals surface area contributed by atoms with Crippen molar-refractivity contribution < 1.29 is 26.7 Å². The minimum atomic E-state index is 0. The van der Waals surface area contributed by atoms with E-state index in [1.807, 2.05) is 36.0 Å². The molecule has 1 heterocycles. The van der Waals surface area contributed by atoms with Crippen LogP contribution in [0.3, 0.4) is 0 Å². The average Bonchev–Trinajstić information content (AvgIpc) is 1.88. The molecule has 62 valence electrons. The van der Waals surface area contributed by atoms with Crippen molar-refractivity contribution in [1.82, 2.24) is 0 Å². The first-order chi connectivity index (χ1) is 4.83. The van der Waals surface area contributed by atoms with Crippen molar-refractivity contribution in [3.63, 3.8) is 0 Å². The molecule has 0 aliphatic rings. The van der Waals surface area contributed by atoms with E-state index in [2.05, 4.69) is 0 Å². The minimum Gasteiger partial charge on any atom is -1.00 e. The van der Waals surface area contributed by atoms with E-state index in [-0.39, 0.29) is 23.6 Å². The molecule has 0 spiro atoms. The predicted molar refractivity (Wildman–Crippen MR) is 38.5 cm³/mol. The first-order valence-corrected chi connectivity index (χ1v) is 3.39. The van der Waals surface area contributed by atoms with Crippen LogP contribution in [0.25, 0.3) is 0 Å². The molecule has 1 rings (SSSR count). The Kier molecular flexibility index (Phi) is 5.07. The van der Waals surface area contributed by atoms with Crippen LogP contribution < -0.4 is 21.5 Å². The normalized spacial score (nSPS) is 8.91. The van der Waals surface area contributed by atoms with Crippen molar-refractivity contribution in [1.29, 1.82) is 0 Å². The third-order valence-corrected chi connectivity index (χ3v) is 1.36. The minimum absolute atomic E-state index is 0. The van der Waals surface area contributed by atoms with Crippen LogP contribution in [0.1, 0.15) is 5.56 Å². The molecule has 11 heavy (non-hydrogen) atoms. The number of aryl methyl sites for hydroxylation is 1. The topological polar surface area (TPSA) is 24.1 Å². The summed E-state index contributed by atoms with van der Waals surface area (Å²) in [4.78, 5) is 0. The number of aliphatic hydroxyl groups is 1. The monoisotopic (exact) mass is 217 g/mol. The molecule has 3 heteroatoms. The molecule has 0 aromatic carbocycles. The van der Waals surface area contributed by atoms with Gasteiger partial charge in [0.15, 0.2) is 18.9 Å². The fourth-order valence-corrected chi connectivity index (χ4v) is 0.908. The molecule has 2 nitrogen and oxygen atoms in total. The highest BCUT2D eigenvalue weighted by atomic mass is 79.9. The first kappa shape index (κ1) is 10.6. The van der Waals surface area contributed by atoms with E-state index in [9.17, 15) is 0 Å². The zero-order valence-electron chi connectivity index (χ0n) is 6.50. The second kappa shape index (κ2) is 5.27. The van der Waals surface area contributed by atoms with Crippen LogP contribution in [-0.2, 0) is 6.54 Å². The van der Waals surface area contributed by atoms with Crippen LogP contribution in [0.5, 0.6) is 0 Å². The first-order valence-electron chi connectivity index (χ1n) is 3.39. The molecule has 0 saturated heterocycles. The summed E-state index contributed by atoms with van der Waals surface area (Å²) >= 11 is 0. The van der Waals surface area contributed by atoms with E-state index in [1.165, 1.54) is 5.56 Å². The Hall–Kier alpha value is -0.410. The number of hydrogen-bond donors (Lipinski definition) is 1. The van der Waals surface area contributed by atoms with Crippen LogP contribution in [0, 0.1) is 6.92 Å². The Morgan fingerprint density at radius 3 is 2.82 bits per heavy atom. The molecule has 0 atom stereocenters. The smallest absolute Gasteiger partial charge is 0.171 e. The summed E-state index contributed by atoms with van der Waals surface area (Å²) in [5.41, 5.74) is 1.22. The number of rotatable bonds is 2. The zero-order chi connectivity index (χ0) is 7.40. The molecule has 1 aromatic rings. The maximum Gasteiger partial charge on any atom is 0.171 e. The van der Waals surface area contributed by atoms with E-state index < -0.39 is 0 Å². The third kappa shape index (κ3) is 3.49. The van der Waals surface area contributed by atoms with E-state index in [4.69, 9.17) is 5.11 Å². The van der Waals surface area contributed by atoms with Crippen LogP contribution >= 0.6 is 0 Å². The molecule has 0 saturated carbocycles. The van der Waals surface area contributed by atoms with Crippen molar-refractivity contribution in [3.05, 3.63) is 30.1 Å². The molecule has 0 unspecified atom stereocenters. The lowest BCUT2D eigenvalue weighted by molar-refractivity contribution is -0.698. The van der Waals surface area contributed by atoms with Gasteiger partial charge in [0.2, 0.25) is 0 Å². The highest BCUT2D eigenvalue weighted by molar-refractivity contribution is 5.01. The van der Waals surface area contributed by atoms with Crippen molar-refractivity contribution >= 4 is 0 Å². The van der Waals surface area contributed by atoms with Crippen LogP contribution in [-0.4, -0.2) is 11.7 Å². The zero-order valence-corrected chi connectivity index (χ0v) is 8.08. The summed E-state index contributed by atoms with van der Waals surface area (Å²) in [6.07, 6.45) is 3.96. The number of hydrogen-bond acceptors (Lipinski definition) is 1. The number of nitrogens with zero attached hydrogens (tertiary/aromatic N) is 1. The largest absolute Gasteiger partial charge is 1.00 e. The van der Waals surface area contributed by atoms with Crippen LogP contribution in [0.4, 0.5) is 0 Å². The highest BCUT2D eigenvalue weighted by Crippen LogP contribution is 1.88. The lowest BCUT2D eigenvalue weighted by atomic mass is 10.3. The Balaban J connectivity index is 0.000001000. The average molecular weight is 218 g/mol. The molecule has 0 amide bonds. The van der Waals surface area contributed by atoms with Gasteiger partial charge in [-0.05, 0) is 13.0 Å². The van der Waals surface area contributed by atoms with E-state index in [1.54, 1.807) is 0 Å². The Morgan fingerprint density at radius 2 is 2.27 bits per heavy atom. The van der Waals surface area contributed by atoms with Crippen molar-refractivity contribution in [2.24, 2.45) is 0 Å². The Labute approximate surface area is 77.3 Å². The standard InChI is InChI=1S/C8H12NO.BrH/c1-8-3-2-4-9(7-8)5-6-10;/h2-4,7,10H,5-6H2,1H3;1H/q+1;/p-1. The molecule has 0 radical (unpaired) electrons. The number of halogens is 1. The lowest BCUT2D eigenvalue weighted by Gasteiger charge is -1.92. The summed E-state index contributed by atoms with van der Waals surface area (Å²) in [7, 11) is 0. The van der Waals surface area contributed by atoms with Crippen LogP contribution in [0.15, 0.2) is 24.5 Å². The van der Waals surface area contributed by atoms with E-state index in [0.717, 1.165) is 0 Å². The van der Waals surface area contributed by atoms with Gasteiger partial charge in [0.1, 0.15) is 6.61 Å². The summed E-state index contributed by atoms with van der Waals surface area (Å²) in [5, 5.41) is 8.59. The number of pyridine rings is 1. The Morgan fingerprint density at radius 1 is 1.55 bits per heavy atom. The molecule has 0 fully saturated rings. The summed E-state index contributed by atoms with van der Waals surface area (Å²) in [6, 6.07) is 4.01. The number of aromatic nitrogens is 1. The Bertz CT molecular complexity index is 215. The van der Waals surface area contributed by atoms with Crippen LogP contribution in [0.2, 0.25) is 0 Å². The van der Waals surface area contributed by atoms with Gasteiger partial charge in [-0.15, -0.1) is 0 Å². The SMILES string of the molecule is Cc1ccc[n+](CCO)c1.[Br-]. The maximum absolute atomic E-state index is 8.59. The summed E-state index contributed by atoms with van der Waals surface area (Å²) in [6.45, 7) is 2.92. The van der Waals surface area contributed by atoms with Gasteiger partial charge in [0.05, 0.1) is 0 Å². The predicted octanol–water partition coefficient (Wildman–Crippen LogP) is -2.72. The van der Waals surface area contributed by atoms with Crippen molar-refractivity contribution in [2.75, 3.05) is 6.61 Å². The molecular weight excluding hydrogens is 206 g/mol. The van der Waals surface area contributed by atoms with Crippen molar-refractivity contribution in [3.8, 4) is 0 Å². The van der Waals surface area contributed by atoms with E-state index >= 15 is 0 Å². The van der Waals surface area contributed by atoms with Crippen molar-refractivity contribution in [2.45, 2.75) is 13.5 Å². The fraction of sp³-hybridized carbons (Fsp3) is 0.375.